The van der Waals surface area contributed by atoms with Gasteiger partial charge in [0.1, 0.15) is 0 Å². The zero-order valence-corrected chi connectivity index (χ0v) is 13.7. The first-order valence-corrected chi connectivity index (χ1v) is 12.4. The molecule has 0 saturated carbocycles. The molecular weight excluding hydrogens is 331 g/mol. The van der Waals surface area contributed by atoms with Gasteiger partial charge in [0.15, 0.2) is 0 Å². The van der Waals surface area contributed by atoms with Crippen molar-refractivity contribution in [1.82, 2.24) is 0 Å². The minimum absolute atomic E-state index is 0.122. The molecule has 0 nitrogen and oxygen atoms in total. The van der Waals surface area contributed by atoms with Crippen molar-refractivity contribution in [2.75, 3.05) is 0 Å². The maximum atomic E-state index is 12.9. The molecule has 0 aromatic carbocycles. The Hall–Kier alpha value is 0.123. The third-order valence-electron chi connectivity index (χ3n) is 5.10. The van der Waals surface area contributed by atoms with E-state index in [0.29, 0.717) is 0 Å². The van der Waals surface area contributed by atoms with E-state index in [0.717, 1.165) is 0 Å². The van der Waals surface area contributed by atoms with Gasteiger partial charge in [-0.15, -0.1) is 0 Å². The van der Waals surface area contributed by atoms with E-state index in [4.69, 9.17) is 0 Å². The van der Waals surface area contributed by atoms with Gasteiger partial charge in [-0.25, -0.2) is 0 Å². The number of halogens is 6. The molecule has 1 aliphatic heterocycles. The van der Waals surface area contributed by atoms with Crippen molar-refractivity contribution in [2.45, 2.75) is 66.5 Å². The molecule has 1 saturated heterocycles. The van der Waals surface area contributed by atoms with E-state index in [9.17, 15) is 26.3 Å². The Morgan fingerprint density at radius 2 is 1.11 bits per heavy atom. The van der Waals surface area contributed by atoms with Gasteiger partial charge in [-0.1, -0.05) is 0 Å². The van der Waals surface area contributed by atoms with Gasteiger partial charge in [-0.2, -0.15) is 0 Å². The first kappa shape index (κ1) is 17.2. The van der Waals surface area contributed by atoms with Crippen LogP contribution in [0.5, 0.6) is 0 Å². The Kier molecular flexibility index (Phi) is 4.13. The molecule has 1 fully saturated rings. The quantitative estimate of drug-likeness (QED) is 0.384. The van der Waals surface area contributed by atoms with Gasteiger partial charge >= 0.3 is 111 Å². The fourth-order valence-electron chi connectivity index (χ4n) is 2.71. The predicted molar refractivity (Wildman–Crippen MR) is 64.7 cm³/mol. The van der Waals surface area contributed by atoms with E-state index >= 15 is 0 Å². The zero-order valence-electron chi connectivity index (χ0n) is 11.6. The van der Waals surface area contributed by atoms with Crippen molar-refractivity contribution in [2.24, 2.45) is 5.41 Å². The van der Waals surface area contributed by atoms with Crippen molar-refractivity contribution in [3.63, 3.8) is 0 Å². The monoisotopic (exact) mass is 352 g/mol. The van der Waals surface area contributed by atoms with Crippen LogP contribution in [-0.4, -0.2) is 25.6 Å². The molecule has 1 rings (SSSR count). The van der Waals surface area contributed by atoms with Crippen molar-refractivity contribution >= 4 is 13.3 Å². The number of rotatable bonds is 0. The van der Waals surface area contributed by atoms with Crippen LogP contribution in [0, 0.1) is 5.41 Å². The van der Waals surface area contributed by atoms with Crippen LogP contribution in [0.3, 0.4) is 0 Å². The third-order valence-corrected chi connectivity index (χ3v) is 18.4. The van der Waals surface area contributed by atoms with E-state index in [2.05, 4.69) is 0 Å². The number of hydrogen-bond acceptors (Lipinski definition) is 0. The van der Waals surface area contributed by atoms with E-state index in [1.807, 2.05) is 26.5 Å². The first-order chi connectivity index (χ1) is 8.16. The molecule has 1 aliphatic rings. The molecule has 0 amide bonds. The van der Waals surface area contributed by atoms with E-state index in [-0.39, 0.29) is 14.8 Å². The molecule has 0 N–H and O–H groups in total. The Balaban J connectivity index is 3.07. The van der Waals surface area contributed by atoms with Gasteiger partial charge in [-0.3, -0.25) is 0 Å². The van der Waals surface area contributed by atoms with Crippen molar-refractivity contribution < 1.29 is 26.3 Å². The molecule has 1 heterocycles. The molecule has 0 radical (unpaired) electrons. The summed E-state index contributed by atoms with van der Waals surface area (Å²) in [5.74, 6) is 1.97. The SMILES string of the molecule is C[C](C)(C)[Ge]1([CH3])[CH2]CC(C(F)(F)F)(C(F)(F)F)C[CH2]1. The normalized spacial score (nSPS) is 24.3. The summed E-state index contributed by atoms with van der Waals surface area (Å²) in [6.07, 6.45) is -12.0. The molecule has 0 atom stereocenters. The number of alkyl halides is 6. The Bertz CT molecular complexity index is 312. The summed E-state index contributed by atoms with van der Waals surface area (Å²) in [6, 6.07) is 0. The van der Waals surface area contributed by atoms with Crippen molar-refractivity contribution in [3.8, 4) is 0 Å². The predicted octanol–water partition coefficient (Wildman–Crippen LogP) is 5.77. The molecule has 114 valence electrons. The molecule has 0 aromatic heterocycles. The van der Waals surface area contributed by atoms with Crippen molar-refractivity contribution in [1.29, 1.82) is 0 Å². The van der Waals surface area contributed by atoms with Crippen LogP contribution in [0.4, 0.5) is 26.3 Å². The maximum absolute atomic E-state index is 12.9. The van der Waals surface area contributed by atoms with Gasteiger partial charge < -0.3 is 0 Å². The molecular formula is C12H20F6Ge. The fraction of sp³-hybridized carbons (Fsp3) is 1.00. The van der Waals surface area contributed by atoms with Crippen LogP contribution < -0.4 is 0 Å². The summed E-state index contributed by atoms with van der Waals surface area (Å²) >= 11 is -2.64. The van der Waals surface area contributed by atoms with E-state index in [1.165, 1.54) is 0 Å². The standard InChI is InChI=1S/C12H20F6Ge/c1-9(2,3)19(4)7-5-10(6-8-19,11(13,14)15)12(16,17)18/h5-8H2,1-4H3. The van der Waals surface area contributed by atoms with Crippen LogP contribution in [0.1, 0.15) is 33.6 Å². The Morgan fingerprint density at radius 1 is 0.789 bits per heavy atom. The summed E-state index contributed by atoms with van der Waals surface area (Å²) in [7, 11) is 0. The fourth-order valence-corrected chi connectivity index (χ4v) is 10.5. The summed E-state index contributed by atoms with van der Waals surface area (Å²) in [4.78, 5) is 0. The third kappa shape index (κ3) is 2.79. The Labute approximate surface area is 112 Å². The molecule has 0 spiro atoms. The summed E-state index contributed by atoms with van der Waals surface area (Å²) in [5.41, 5.74) is -3.48. The molecule has 7 heteroatoms. The molecule has 19 heavy (non-hydrogen) atoms. The zero-order chi connectivity index (χ0) is 15.3. The average molecular weight is 351 g/mol. The van der Waals surface area contributed by atoms with Crippen LogP contribution in [0.2, 0.25) is 20.5 Å². The molecule has 0 aliphatic carbocycles. The summed E-state index contributed by atoms with van der Waals surface area (Å²) in [6.45, 7) is 5.84. The number of hydrogen-bond donors (Lipinski definition) is 0. The van der Waals surface area contributed by atoms with Crippen LogP contribution >= 0.6 is 0 Å². The van der Waals surface area contributed by atoms with E-state index < -0.39 is 43.9 Å². The Morgan fingerprint density at radius 3 is 1.32 bits per heavy atom. The minimum atomic E-state index is -5.20. The van der Waals surface area contributed by atoms with Crippen LogP contribution in [0.15, 0.2) is 0 Å². The van der Waals surface area contributed by atoms with Gasteiger partial charge in [-0.05, 0) is 0 Å². The molecule has 0 aromatic rings. The van der Waals surface area contributed by atoms with Gasteiger partial charge in [0.2, 0.25) is 0 Å². The van der Waals surface area contributed by atoms with Crippen LogP contribution in [0.25, 0.3) is 0 Å². The molecule has 0 unspecified atom stereocenters. The van der Waals surface area contributed by atoms with Gasteiger partial charge in [0, 0.05) is 0 Å². The summed E-state index contributed by atoms with van der Waals surface area (Å²) < 4.78 is 77.5. The topological polar surface area (TPSA) is 0 Å². The molecule has 0 bridgehead atoms. The van der Waals surface area contributed by atoms with Crippen LogP contribution in [-0.2, 0) is 0 Å². The van der Waals surface area contributed by atoms with Gasteiger partial charge in [0.25, 0.3) is 0 Å². The first-order valence-electron chi connectivity index (χ1n) is 6.30. The van der Waals surface area contributed by atoms with Crippen molar-refractivity contribution in [3.05, 3.63) is 0 Å². The summed E-state index contributed by atoms with van der Waals surface area (Å²) in [5, 5.41) is 0.255. The second-order valence-corrected chi connectivity index (χ2v) is 18.7. The van der Waals surface area contributed by atoms with Gasteiger partial charge in [0.05, 0.1) is 0 Å². The average Bonchev–Trinajstić information content (AvgIpc) is 2.13. The van der Waals surface area contributed by atoms with E-state index in [1.54, 1.807) is 0 Å². The second kappa shape index (κ2) is 4.56. The second-order valence-electron chi connectivity index (χ2n) is 6.89.